The predicted octanol–water partition coefficient (Wildman–Crippen LogP) is 3.24. The van der Waals surface area contributed by atoms with Crippen molar-refractivity contribution in [1.82, 2.24) is 29.9 Å². The number of hydrogen-bond donors (Lipinski definition) is 3. The molecule has 152 valence electrons. The lowest BCUT2D eigenvalue weighted by Gasteiger charge is -2.08. The average molecular weight is 427 g/mol. The van der Waals surface area contributed by atoms with Crippen LogP contribution in [0.5, 0.6) is 5.75 Å². The molecular formula is C17H14ClF3N6O2. The van der Waals surface area contributed by atoms with Gasteiger partial charge in [-0.05, 0) is 6.07 Å². The van der Waals surface area contributed by atoms with Crippen LogP contribution in [0.15, 0.2) is 18.5 Å². The molecule has 3 aromatic heterocycles. The molecule has 8 nitrogen and oxygen atoms in total. The van der Waals surface area contributed by atoms with Gasteiger partial charge in [-0.25, -0.2) is 4.39 Å². The molecule has 0 aliphatic rings. The zero-order valence-electron chi connectivity index (χ0n) is 15.1. The molecule has 0 saturated heterocycles. The molecule has 0 saturated carbocycles. The SMILES string of the molecule is COc1cc2c(-c3cn[nH]c3)c(-c3nnc(C(F)(F)CO)[nH]3)n(C)c2c(F)c1Cl. The zero-order valence-corrected chi connectivity index (χ0v) is 15.9. The van der Waals surface area contributed by atoms with Crippen LogP contribution in [-0.2, 0) is 13.0 Å². The van der Waals surface area contributed by atoms with Gasteiger partial charge in [0, 0.05) is 29.8 Å². The van der Waals surface area contributed by atoms with Crippen LogP contribution in [0, 0.1) is 5.82 Å². The highest BCUT2D eigenvalue weighted by molar-refractivity contribution is 6.33. The van der Waals surface area contributed by atoms with Gasteiger partial charge in [-0.15, -0.1) is 10.2 Å². The highest BCUT2D eigenvalue weighted by Gasteiger charge is 2.36. The fourth-order valence-electron chi connectivity index (χ4n) is 3.23. The van der Waals surface area contributed by atoms with Crippen molar-refractivity contribution in [2.75, 3.05) is 13.7 Å². The number of fused-ring (bicyclic) bond motifs is 1. The lowest BCUT2D eigenvalue weighted by atomic mass is 10.0. The smallest absolute Gasteiger partial charge is 0.329 e. The number of rotatable bonds is 5. The van der Waals surface area contributed by atoms with Crippen LogP contribution in [0.25, 0.3) is 33.5 Å². The van der Waals surface area contributed by atoms with Gasteiger partial charge in [0.15, 0.2) is 11.6 Å². The molecule has 4 aromatic rings. The van der Waals surface area contributed by atoms with E-state index in [4.69, 9.17) is 21.4 Å². The fraction of sp³-hybridized carbons (Fsp3) is 0.235. The zero-order chi connectivity index (χ0) is 20.9. The number of alkyl halides is 2. The second-order valence-corrected chi connectivity index (χ2v) is 6.64. The Kier molecular flexibility index (Phi) is 4.50. The minimum atomic E-state index is -3.61. The minimum Gasteiger partial charge on any atom is -0.495 e. The highest BCUT2D eigenvalue weighted by Crippen LogP contribution is 2.44. The third-order valence-corrected chi connectivity index (χ3v) is 4.94. The van der Waals surface area contributed by atoms with Crippen LogP contribution >= 0.6 is 11.6 Å². The third kappa shape index (κ3) is 2.85. The summed E-state index contributed by atoms with van der Waals surface area (Å²) in [5.41, 5.74) is 1.41. The molecular weight excluding hydrogens is 413 g/mol. The Morgan fingerprint density at radius 2 is 2.10 bits per heavy atom. The Bertz CT molecular complexity index is 1200. The standard InChI is InChI=1S/C17H14ClF3N6O2/c1-27-13-8(3-9(29-2)11(18)12(13)19)10(7-4-22-23-5-7)14(27)15-24-16(26-25-15)17(20,21)6-28/h3-5,28H,6H2,1-2H3,(H,22,23)(H,24,25,26). The fourth-order valence-corrected chi connectivity index (χ4v) is 3.45. The van der Waals surface area contributed by atoms with Crippen LogP contribution in [0.2, 0.25) is 5.02 Å². The van der Waals surface area contributed by atoms with E-state index in [1.807, 2.05) is 0 Å². The number of aromatic amines is 2. The summed E-state index contributed by atoms with van der Waals surface area (Å²) in [5.74, 6) is -5.08. The maximum absolute atomic E-state index is 15.1. The Morgan fingerprint density at radius 1 is 1.34 bits per heavy atom. The van der Waals surface area contributed by atoms with E-state index in [1.165, 1.54) is 17.9 Å². The second kappa shape index (κ2) is 6.78. The second-order valence-electron chi connectivity index (χ2n) is 6.26. The molecule has 0 amide bonds. The average Bonchev–Trinajstić information content (AvgIpc) is 3.43. The number of H-pyrrole nitrogens is 2. The Hall–Kier alpha value is -3.05. The molecule has 0 aliphatic carbocycles. The molecule has 0 fully saturated rings. The van der Waals surface area contributed by atoms with Gasteiger partial charge in [0.05, 0.1) is 24.5 Å². The number of aryl methyl sites for hydroxylation is 1. The summed E-state index contributed by atoms with van der Waals surface area (Å²) in [5, 5.41) is 22.9. The predicted molar refractivity (Wildman–Crippen MR) is 98.4 cm³/mol. The first-order valence-corrected chi connectivity index (χ1v) is 8.63. The van der Waals surface area contributed by atoms with Crippen molar-refractivity contribution in [3.8, 4) is 28.4 Å². The van der Waals surface area contributed by atoms with Gasteiger partial charge in [0.2, 0.25) is 5.82 Å². The Labute approximate surface area is 166 Å². The largest absolute Gasteiger partial charge is 0.495 e. The molecule has 3 heterocycles. The summed E-state index contributed by atoms with van der Waals surface area (Å²) in [7, 11) is 2.90. The van der Waals surface area contributed by atoms with E-state index < -0.39 is 24.2 Å². The maximum Gasteiger partial charge on any atom is 0.329 e. The summed E-state index contributed by atoms with van der Waals surface area (Å²) in [6, 6.07) is 1.55. The van der Waals surface area contributed by atoms with Crippen LogP contribution in [0.4, 0.5) is 13.2 Å². The number of aromatic nitrogens is 6. The van der Waals surface area contributed by atoms with Gasteiger partial charge in [-0.3, -0.25) is 5.10 Å². The van der Waals surface area contributed by atoms with Gasteiger partial charge in [0.25, 0.3) is 0 Å². The molecule has 0 bridgehead atoms. The van der Waals surface area contributed by atoms with E-state index in [2.05, 4.69) is 25.4 Å². The number of methoxy groups -OCH3 is 1. The van der Waals surface area contributed by atoms with E-state index in [0.29, 0.717) is 16.5 Å². The van der Waals surface area contributed by atoms with Gasteiger partial charge >= 0.3 is 5.92 Å². The number of hydrogen-bond acceptors (Lipinski definition) is 5. The first-order valence-electron chi connectivity index (χ1n) is 8.25. The van der Waals surface area contributed by atoms with Crippen molar-refractivity contribution in [2.24, 2.45) is 7.05 Å². The summed E-state index contributed by atoms with van der Waals surface area (Å²) >= 11 is 6.06. The van der Waals surface area contributed by atoms with Crippen molar-refractivity contribution in [2.45, 2.75) is 5.92 Å². The van der Waals surface area contributed by atoms with E-state index in [0.717, 1.165) is 0 Å². The van der Waals surface area contributed by atoms with Crippen LogP contribution in [0.3, 0.4) is 0 Å². The number of nitrogens with one attached hydrogen (secondary N) is 2. The Balaban J connectivity index is 2.08. The molecule has 0 atom stereocenters. The molecule has 0 radical (unpaired) electrons. The first-order chi connectivity index (χ1) is 13.8. The van der Waals surface area contributed by atoms with Crippen LogP contribution < -0.4 is 4.74 Å². The number of halogens is 4. The van der Waals surface area contributed by atoms with Gasteiger partial charge in [-0.2, -0.15) is 13.9 Å². The monoisotopic (exact) mass is 426 g/mol. The van der Waals surface area contributed by atoms with Crippen molar-refractivity contribution >= 4 is 22.5 Å². The third-order valence-electron chi connectivity index (χ3n) is 4.59. The molecule has 4 rings (SSSR count). The first kappa shape index (κ1) is 19.3. The Morgan fingerprint density at radius 3 is 2.72 bits per heavy atom. The number of benzene rings is 1. The number of nitrogens with zero attached hydrogens (tertiary/aromatic N) is 4. The number of ether oxygens (including phenoxy) is 1. The minimum absolute atomic E-state index is 0.0440. The van der Waals surface area contributed by atoms with E-state index in [9.17, 15) is 8.78 Å². The molecule has 3 N–H and O–H groups in total. The molecule has 0 unspecified atom stereocenters. The highest BCUT2D eigenvalue weighted by atomic mass is 35.5. The van der Waals surface area contributed by atoms with Crippen LogP contribution in [-0.4, -0.2) is 48.8 Å². The van der Waals surface area contributed by atoms with E-state index >= 15 is 4.39 Å². The van der Waals surface area contributed by atoms with Gasteiger partial charge < -0.3 is 19.4 Å². The molecule has 29 heavy (non-hydrogen) atoms. The summed E-state index contributed by atoms with van der Waals surface area (Å²) < 4.78 is 49.3. The maximum atomic E-state index is 15.1. The molecule has 0 spiro atoms. The number of aliphatic hydroxyl groups is 1. The van der Waals surface area contributed by atoms with Crippen molar-refractivity contribution in [3.63, 3.8) is 0 Å². The molecule has 0 aliphatic heterocycles. The molecule has 1 aromatic carbocycles. The topological polar surface area (TPSA) is 105 Å². The normalized spacial score (nSPS) is 12.1. The lowest BCUT2D eigenvalue weighted by molar-refractivity contribution is -0.0627. The van der Waals surface area contributed by atoms with Crippen LogP contribution in [0.1, 0.15) is 5.82 Å². The summed E-state index contributed by atoms with van der Waals surface area (Å²) in [4.78, 5) is 2.42. The van der Waals surface area contributed by atoms with Crippen molar-refractivity contribution in [3.05, 3.63) is 35.1 Å². The summed E-state index contributed by atoms with van der Waals surface area (Å²) in [6.07, 6.45) is 3.06. The van der Waals surface area contributed by atoms with Crippen molar-refractivity contribution < 1.29 is 23.0 Å². The lowest BCUT2D eigenvalue weighted by Crippen LogP contribution is -2.20. The van der Waals surface area contributed by atoms with E-state index in [-0.39, 0.29) is 27.8 Å². The van der Waals surface area contributed by atoms with Gasteiger partial charge in [-0.1, -0.05) is 11.6 Å². The summed E-state index contributed by atoms with van der Waals surface area (Å²) in [6.45, 7) is -1.44. The molecule has 12 heteroatoms. The van der Waals surface area contributed by atoms with Gasteiger partial charge in [0.1, 0.15) is 17.4 Å². The number of aliphatic hydroxyl groups excluding tert-OH is 1. The van der Waals surface area contributed by atoms with Crippen molar-refractivity contribution in [1.29, 1.82) is 0 Å². The van der Waals surface area contributed by atoms with E-state index in [1.54, 1.807) is 19.3 Å². The quantitative estimate of drug-likeness (QED) is 0.454.